The molecule has 0 heterocycles. The van der Waals surface area contributed by atoms with Gasteiger partial charge in [-0.3, -0.25) is 10.9 Å². The first-order valence-corrected chi connectivity index (χ1v) is 6.20. The third-order valence-electron chi connectivity index (χ3n) is 2.05. The van der Waals surface area contributed by atoms with Crippen LogP contribution in [0.5, 0.6) is 0 Å². The molecular formula is C13H21N5O. The first kappa shape index (κ1) is 14.9. The monoisotopic (exact) mass is 263 g/mol. The van der Waals surface area contributed by atoms with Crippen LogP contribution in [0.15, 0.2) is 40.6 Å². The Morgan fingerprint density at radius 2 is 1.84 bits per heavy atom. The quantitative estimate of drug-likeness (QED) is 0.564. The third kappa shape index (κ3) is 6.40. The minimum atomic E-state index is -0.743. The summed E-state index contributed by atoms with van der Waals surface area (Å²) in [4.78, 5) is 11.7. The van der Waals surface area contributed by atoms with Crippen molar-refractivity contribution < 1.29 is 4.79 Å². The summed E-state index contributed by atoms with van der Waals surface area (Å²) in [5.74, 6) is 0. The van der Waals surface area contributed by atoms with Crippen LogP contribution in [-0.2, 0) is 0 Å². The number of nitrogens with one attached hydrogen (secondary N) is 3. The summed E-state index contributed by atoms with van der Waals surface area (Å²) in [5.41, 5.74) is 5.40. The summed E-state index contributed by atoms with van der Waals surface area (Å²) < 4.78 is 0. The largest absolute Gasteiger partial charge is 0.335 e. The van der Waals surface area contributed by atoms with Crippen LogP contribution in [0.25, 0.3) is 0 Å². The molecule has 2 amide bonds. The Labute approximate surface area is 113 Å². The molecule has 0 aliphatic rings. The third-order valence-corrected chi connectivity index (χ3v) is 2.05. The fourth-order valence-electron chi connectivity index (χ4n) is 1.24. The first-order valence-electron chi connectivity index (χ1n) is 6.20. The molecule has 0 spiro atoms. The van der Waals surface area contributed by atoms with E-state index in [1.165, 1.54) is 0 Å². The molecule has 3 N–H and O–H groups in total. The Balaban J connectivity index is 2.42. The van der Waals surface area contributed by atoms with Gasteiger partial charge in [-0.2, -0.15) is 10.2 Å². The number of benzene rings is 1. The van der Waals surface area contributed by atoms with Gasteiger partial charge in [-0.05, 0) is 39.8 Å². The Morgan fingerprint density at radius 1 is 1.21 bits per heavy atom. The second kappa shape index (κ2) is 6.72. The maximum atomic E-state index is 11.7. The van der Waals surface area contributed by atoms with Crippen molar-refractivity contribution in [2.45, 2.75) is 39.4 Å². The molecule has 0 atom stereocenters. The highest BCUT2D eigenvalue weighted by atomic mass is 16.2. The maximum Gasteiger partial charge on any atom is 0.335 e. The summed E-state index contributed by atoms with van der Waals surface area (Å²) >= 11 is 0. The SMILES string of the molecule is CC(C)/N=N/C(C)(C)NC(=O)NNc1ccccc1. The number of hydrogen-bond donors (Lipinski definition) is 3. The van der Waals surface area contributed by atoms with Gasteiger partial charge in [0.05, 0.1) is 11.7 Å². The zero-order chi connectivity index (χ0) is 14.3. The summed E-state index contributed by atoms with van der Waals surface area (Å²) in [7, 11) is 0. The topological polar surface area (TPSA) is 77.9 Å². The molecule has 6 heteroatoms. The zero-order valence-corrected chi connectivity index (χ0v) is 11.8. The molecule has 0 aliphatic heterocycles. The lowest BCUT2D eigenvalue weighted by molar-refractivity contribution is 0.231. The summed E-state index contributed by atoms with van der Waals surface area (Å²) in [6.45, 7) is 7.41. The van der Waals surface area contributed by atoms with E-state index in [4.69, 9.17) is 0 Å². The average Bonchev–Trinajstić information content (AvgIpc) is 2.35. The van der Waals surface area contributed by atoms with E-state index in [1.54, 1.807) is 13.8 Å². The number of urea groups is 1. The lowest BCUT2D eigenvalue weighted by Gasteiger charge is -2.21. The lowest BCUT2D eigenvalue weighted by Crippen LogP contribution is -2.48. The van der Waals surface area contributed by atoms with Crippen molar-refractivity contribution in [3.63, 3.8) is 0 Å². The fourth-order valence-corrected chi connectivity index (χ4v) is 1.24. The number of amides is 2. The molecule has 0 fully saturated rings. The van der Waals surface area contributed by atoms with Gasteiger partial charge >= 0.3 is 6.03 Å². The van der Waals surface area contributed by atoms with Crippen LogP contribution in [0.2, 0.25) is 0 Å². The number of anilines is 1. The fraction of sp³-hybridized carbons (Fsp3) is 0.462. The van der Waals surface area contributed by atoms with E-state index >= 15 is 0 Å². The molecule has 0 saturated carbocycles. The number of rotatable bonds is 5. The molecular weight excluding hydrogens is 242 g/mol. The van der Waals surface area contributed by atoms with E-state index in [2.05, 4.69) is 26.4 Å². The normalized spacial score (nSPS) is 11.6. The molecule has 6 nitrogen and oxygen atoms in total. The summed E-state index contributed by atoms with van der Waals surface area (Å²) in [6, 6.07) is 9.10. The molecule has 0 bridgehead atoms. The van der Waals surface area contributed by atoms with Gasteiger partial charge in [0.1, 0.15) is 5.66 Å². The van der Waals surface area contributed by atoms with Gasteiger partial charge in [-0.15, -0.1) is 0 Å². The van der Waals surface area contributed by atoms with E-state index < -0.39 is 5.66 Å². The van der Waals surface area contributed by atoms with Crippen molar-refractivity contribution in [2.75, 3.05) is 5.43 Å². The van der Waals surface area contributed by atoms with Crippen molar-refractivity contribution in [3.8, 4) is 0 Å². The van der Waals surface area contributed by atoms with Gasteiger partial charge in [0.2, 0.25) is 0 Å². The maximum absolute atomic E-state index is 11.7. The van der Waals surface area contributed by atoms with E-state index in [-0.39, 0.29) is 12.1 Å². The van der Waals surface area contributed by atoms with E-state index in [1.807, 2.05) is 44.2 Å². The van der Waals surface area contributed by atoms with Crippen LogP contribution >= 0.6 is 0 Å². The molecule has 1 aromatic rings. The molecule has 1 aromatic carbocycles. The second-order valence-electron chi connectivity index (χ2n) is 4.94. The predicted octanol–water partition coefficient (Wildman–Crippen LogP) is 2.91. The van der Waals surface area contributed by atoms with Crippen LogP contribution in [0.1, 0.15) is 27.7 Å². The Bertz CT molecular complexity index is 428. The standard InChI is InChI=1S/C13H21N5O/c1-10(2)15-18-13(3,4)14-12(19)17-16-11-8-6-5-7-9-11/h5-10,16H,1-4H3,(H2,14,17,19)/b18-15+. The number of carbonyl (C=O) groups excluding carboxylic acids is 1. The van der Waals surface area contributed by atoms with Gasteiger partial charge in [0, 0.05) is 0 Å². The van der Waals surface area contributed by atoms with Crippen LogP contribution in [-0.4, -0.2) is 17.7 Å². The number of nitrogens with zero attached hydrogens (tertiary/aromatic N) is 2. The minimum absolute atomic E-state index is 0.103. The number of carbonyl (C=O) groups is 1. The molecule has 0 saturated heterocycles. The molecule has 1 rings (SSSR count). The smallest absolute Gasteiger partial charge is 0.311 e. The minimum Gasteiger partial charge on any atom is -0.311 e. The number of hydrazine groups is 1. The average molecular weight is 263 g/mol. The summed E-state index contributed by atoms with van der Waals surface area (Å²) in [6.07, 6.45) is 0. The Hall–Kier alpha value is -2.11. The van der Waals surface area contributed by atoms with E-state index in [0.29, 0.717) is 0 Å². The van der Waals surface area contributed by atoms with Gasteiger partial charge in [-0.1, -0.05) is 18.2 Å². The second-order valence-corrected chi connectivity index (χ2v) is 4.94. The predicted molar refractivity (Wildman–Crippen MR) is 75.8 cm³/mol. The van der Waals surface area contributed by atoms with Crippen molar-refractivity contribution in [3.05, 3.63) is 30.3 Å². The van der Waals surface area contributed by atoms with Crippen LogP contribution < -0.4 is 16.2 Å². The van der Waals surface area contributed by atoms with E-state index in [9.17, 15) is 4.79 Å². The first-order chi connectivity index (χ1) is 8.89. The van der Waals surface area contributed by atoms with Crippen molar-refractivity contribution in [2.24, 2.45) is 10.2 Å². The number of para-hydroxylation sites is 1. The highest BCUT2D eigenvalue weighted by molar-refractivity contribution is 5.76. The Morgan fingerprint density at radius 3 is 2.42 bits per heavy atom. The molecule has 0 unspecified atom stereocenters. The van der Waals surface area contributed by atoms with E-state index in [0.717, 1.165) is 5.69 Å². The number of hydrogen-bond acceptors (Lipinski definition) is 4. The molecule has 0 aliphatic carbocycles. The van der Waals surface area contributed by atoms with Crippen molar-refractivity contribution in [1.82, 2.24) is 10.7 Å². The molecule has 0 radical (unpaired) electrons. The Kier molecular flexibility index (Phi) is 5.29. The number of azo groups is 1. The van der Waals surface area contributed by atoms with Crippen molar-refractivity contribution >= 4 is 11.7 Å². The van der Waals surface area contributed by atoms with Crippen LogP contribution in [0.3, 0.4) is 0 Å². The van der Waals surface area contributed by atoms with Gasteiger partial charge in [0.15, 0.2) is 0 Å². The van der Waals surface area contributed by atoms with Crippen LogP contribution in [0, 0.1) is 0 Å². The van der Waals surface area contributed by atoms with Gasteiger partial charge < -0.3 is 5.32 Å². The highest BCUT2D eigenvalue weighted by Gasteiger charge is 2.19. The van der Waals surface area contributed by atoms with Gasteiger partial charge in [-0.25, -0.2) is 4.79 Å². The molecule has 104 valence electrons. The lowest BCUT2D eigenvalue weighted by atomic mass is 10.3. The van der Waals surface area contributed by atoms with Crippen LogP contribution in [0.4, 0.5) is 10.5 Å². The highest BCUT2D eigenvalue weighted by Crippen LogP contribution is 2.06. The van der Waals surface area contributed by atoms with Gasteiger partial charge in [0.25, 0.3) is 0 Å². The van der Waals surface area contributed by atoms with Crippen molar-refractivity contribution in [1.29, 1.82) is 0 Å². The zero-order valence-electron chi connectivity index (χ0n) is 11.8. The summed E-state index contributed by atoms with van der Waals surface area (Å²) in [5, 5.41) is 10.8. The molecule has 0 aromatic heterocycles. The molecule has 19 heavy (non-hydrogen) atoms.